The topological polar surface area (TPSA) is 64.3 Å². The minimum Gasteiger partial charge on any atom is -0.489 e. The lowest BCUT2D eigenvalue weighted by atomic mass is 9.99. The Morgan fingerprint density at radius 1 is 1.50 bits per heavy atom. The number of carbonyl (C=O) groups is 1. The van der Waals surface area contributed by atoms with E-state index < -0.39 is 11.7 Å². The van der Waals surface area contributed by atoms with Crippen LogP contribution in [-0.4, -0.2) is 25.6 Å². The van der Waals surface area contributed by atoms with Gasteiger partial charge in [-0.1, -0.05) is 0 Å². The van der Waals surface area contributed by atoms with E-state index in [-0.39, 0.29) is 42.4 Å². The molecule has 1 aliphatic rings. The lowest BCUT2D eigenvalue weighted by Gasteiger charge is -2.18. The van der Waals surface area contributed by atoms with E-state index in [9.17, 15) is 13.6 Å². The Balaban J connectivity index is 0.00000200. The fourth-order valence-electron chi connectivity index (χ4n) is 1.88. The van der Waals surface area contributed by atoms with Crippen LogP contribution in [0, 0.1) is 5.82 Å². The van der Waals surface area contributed by atoms with E-state index in [1.165, 1.54) is 0 Å². The number of benzene rings is 1. The molecule has 20 heavy (non-hydrogen) atoms. The lowest BCUT2D eigenvalue weighted by molar-refractivity contribution is 0.0941. The number of hydrogen-bond acceptors (Lipinski definition) is 3. The van der Waals surface area contributed by atoms with E-state index in [1.807, 2.05) is 0 Å². The molecule has 0 spiro atoms. The Morgan fingerprint density at radius 2 is 2.25 bits per heavy atom. The third-order valence-electron chi connectivity index (χ3n) is 2.89. The average Bonchev–Trinajstić information content (AvgIpc) is 2.39. The van der Waals surface area contributed by atoms with Crippen molar-refractivity contribution in [3.63, 3.8) is 0 Å². The molecule has 0 atom stereocenters. The Kier molecular flexibility index (Phi) is 5.91. The highest BCUT2D eigenvalue weighted by molar-refractivity contribution is 5.97. The van der Waals surface area contributed by atoms with Crippen molar-refractivity contribution in [3.8, 4) is 5.75 Å². The highest BCUT2D eigenvalue weighted by Crippen LogP contribution is 2.24. The third kappa shape index (κ3) is 3.46. The van der Waals surface area contributed by atoms with Gasteiger partial charge >= 0.3 is 0 Å². The SMILES string of the molecule is Cl.NC/C(=C/F)COc1cc(F)c2c(c1)CCNC2=O. The first-order chi connectivity index (χ1) is 9.15. The molecular formula is C13H15ClF2N2O2. The van der Waals surface area contributed by atoms with E-state index >= 15 is 0 Å². The van der Waals surface area contributed by atoms with Gasteiger partial charge in [-0.2, -0.15) is 0 Å². The van der Waals surface area contributed by atoms with E-state index in [1.54, 1.807) is 6.07 Å². The summed E-state index contributed by atoms with van der Waals surface area (Å²) in [6.45, 7) is 0.455. The minimum atomic E-state index is -0.636. The van der Waals surface area contributed by atoms with Gasteiger partial charge in [0.25, 0.3) is 5.91 Å². The quantitative estimate of drug-likeness (QED) is 0.890. The van der Waals surface area contributed by atoms with Crippen molar-refractivity contribution < 1.29 is 18.3 Å². The van der Waals surface area contributed by atoms with Crippen LogP contribution in [-0.2, 0) is 6.42 Å². The number of rotatable bonds is 4. The van der Waals surface area contributed by atoms with E-state index in [4.69, 9.17) is 10.5 Å². The molecule has 2 rings (SSSR count). The molecular weight excluding hydrogens is 290 g/mol. The second-order valence-electron chi connectivity index (χ2n) is 4.21. The van der Waals surface area contributed by atoms with E-state index in [2.05, 4.69) is 5.32 Å². The van der Waals surface area contributed by atoms with Crippen LogP contribution in [0.1, 0.15) is 15.9 Å². The largest absolute Gasteiger partial charge is 0.489 e. The smallest absolute Gasteiger partial charge is 0.254 e. The van der Waals surface area contributed by atoms with Crippen LogP contribution in [0.3, 0.4) is 0 Å². The summed E-state index contributed by atoms with van der Waals surface area (Å²) >= 11 is 0. The molecule has 110 valence electrons. The van der Waals surface area contributed by atoms with Crippen LogP contribution in [0.5, 0.6) is 5.75 Å². The number of ether oxygens (including phenoxy) is 1. The van der Waals surface area contributed by atoms with Crippen molar-refractivity contribution in [3.05, 3.63) is 41.0 Å². The molecule has 1 aliphatic heterocycles. The molecule has 1 heterocycles. The molecule has 0 aliphatic carbocycles. The maximum atomic E-state index is 13.8. The Hall–Kier alpha value is -1.66. The Morgan fingerprint density at radius 3 is 2.90 bits per heavy atom. The number of nitrogens with two attached hydrogens (primary N) is 1. The normalized spacial score (nSPS) is 14.2. The van der Waals surface area contributed by atoms with Crippen molar-refractivity contribution in [1.82, 2.24) is 5.32 Å². The zero-order chi connectivity index (χ0) is 13.8. The van der Waals surface area contributed by atoms with Gasteiger partial charge in [0.2, 0.25) is 0 Å². The van der Waals surface area contributed by atoms with Crippen LogP contribution in [0.2, 0.25) is 0 Å². The second kappa shape index (κ2) is 7.21. The number of amides is 1. The lowest BCUT2D eigenvalue weighted by Crippen LogP contribution is -2.32. The first kappa shape index (κ1) is 16.4. The van der Waals surface area contributed by atoms with Crippen molar-refractivity contribution in [2.75, 3.05) is 19.7 Å². The van der Waals surface area contributed by atoms with Gasteiger partial charge in [0.05, 0.1) is 11.9 Å². The third-order valence-corrected chi connectivity index (χ3v) is 2.89. The number of hydrogen-bond donors (Lipinski definition) is 2. The van der Waals surface area contributed by atoms with Gasteiger partial charge in [0.15, 0.2) is 0 Å². The van der Waals surface area contributed by atoms with Crippen LogP contribution in [0.25, 0.3) is 0 Å². The van der Waals surface area contributed by atoms with Crippen molar-refractivity contribution >= 4 is 18.3 Å². The molecule has 1 aromatic carbocycles. The van der Waals surface area contributed by atoms with Crippen molar-refractivity contribution in [1.29, 1.82) is 0 Å². The first-order valence-corrected chi connectivity index (χ1v) is 5.87. The van der Waals surface area contributed by atoms with Gasteiger partial charge in [-0.05, 0) is 18.1 Å². The zero-order valence-corrected chi connectivity index (χ0v) is 11.4. The Labute approximate surface area is 121 Å². The van der Waals surface area contributed by atoms with Crippen LogP contribution in [0.15, 0.2) is 24.0 Å². The van der Waals surface area contributed by atoms with E-state index in [0.717, 1.165) is 6.07 Å². The molecule has 0 unspecified atom stereocenters. The van der Waals surface area contributed by atoms with Crippen LogP contribution < -0.4 is 15.8 Å². The van der Waals surface area contributed by atoms with Gasteiger partial charge in [-0.25, -0.2) is 8.78 Å². The standard InChI is InChI=1S/C13H14F2N2O2.ClH/c14-5-8(6-16)7-19-10-3-9-1-2-17-13(18)12(9)11(15)4-10;/h3-5H,1-2,6-7,16H2,(H,17,18);1H/b8-5-;. The summed E-state index contributed by atoms with van der Waals surface area (Å²) in [5, 5.41) is 2.57. The highest BCUT2D eigenvalue weighted by atomic mass is 35.5. The fraction of sp³-hybridized carbons (Fsp3) is 0.308. The molecule has 4 nitrogen and oxygen atoms in total. The maximum absolute atomic E-state index is 13.8. The van der Waals surface area contributed by atoms with E-state index in [0.29, 0.717) is 24.9 Å². The molecule has 0 saturated carbocycles. The molecule has 0 saturated heterocycles. The Bertz CT molecular complexity index is 535. The number of fused-ring (bicyclic) bond motifs is 1. The van der Waals surface area contributed by atoms with Gasteiger partial charge < -0.3 is 15.8 Å². The number of halogens is 3. The van der Waals surface area contributed by atoms with Gasteiger partial charge in [-0.3, -0.25) is 4.79 Å². The van der Waals surface area contributed by atoms with Gasteiger partial charge in [-0.15, -0.1) is 12.4 Å². The fourth-order valence-corrected chi connectivity index (χ4v) is 1.88. The number of carbonyl (C=O) groups excluding carboxylic acids is 1. The van der Waals surface area contributed by atoms with Gasteiger partial charge in [0.1, 0.15) is 18.2 Å². The zero-order valence-electron chi connectivity index (χ0n) is 10.6. The van der Waals surface area contributed by atoms with Crippen LogP contribution in [0.4, 0.5) is 8.78 Å². The second-order valence-corrected chi connectivity index (χ2v) is 4.21. The summed E-state index contributed by atoms with van der Waals surface area (Å²) in [5.41, 5.74) is 6.21. The summed E-state index contributed by atoms with van der Waals surface area (Å²) in [6, 6.07) is 2.72. The molecule has 3 N–H and O–H groups in total. The minimum absolute atomic E-state index is 0. The van der Waals surface area contributed by atoms with Crippen LogP contribution >= 0.6 is 12.4 Å². The number of nitrogens with one attached hydrogen (secondary N) is 1. The molecule has 0 fully saturated rings. The summed E-state index contributed by atoms with van der Waals surface area (Å²) < 4.78 is 31.4. The summed E-state index contributed by atoms with van der Waals surface area (Å²) in [6.07, 6.45) is 0.917. The molecule has 0 aromatic heterocycles. The maximum Gasteiger partial charge on any atom is 0.254 e. The first-order valence-electron chi connectivity index (χ1n) is 5.87. The highest BCUT2D eigenvalue weighted by Gasteiger charge is 2.22. The summed E-state index contributed by atoms with van der Waals surface area (Å²) in [5.74, 6) is -0.793. The predicted molar refractivity (Wildman–Crippen MR) is 73.4 cm³/mol. The molecule has 1 aromatic rings. The summed E-state index contributed by atoms with van der Waals surface area (Å²) in [7, 11) is 0. The average molecular weight is 305 g/mol. The molecule has 1 amide bonds. The molecule has 0 bridgehead atoms. The predicted octanol–water partition coefficient (Wildman–Crippen LogP) is 1.72. The molecule has 0 radical (unpaired) electrons. The monoisotopic (exact) mass is 304 g/mol. The summed E-state index contributed by atoms with van der Waals surface area (Å²) in [4.78, 5) is 11.5. The van der Waals surface area contributed by atoms with Crippen molar-refractivity contribution in [2.24, 2.45) is 5.73 Å². The van der Waals surface area contributed by atoms with Gasteiger partial charge in [0, 0.05) is 24.7 Å². The molecule has 7 heteroatoms. The van der Waals surface area contributed by atoms with Crippen molar-refractivity contribution in [2.45, 2.75) is 6.42 Å².